The highest BCUT2D eigenvalue weighted by molar-refractivity contribution is 6.09. The van der Waals surface area contributed by atoms with E-state index in [1.165, 1.54) is 9.36 Å². The average molecular weight is 402 g/mol. The lowest BCUT2D eigenvalue weighted by Crippen LogP contribution is -2.31. The number of nitrogens with zero attached hydrogens (tertiary/aromatic N) is 8. The highest BCUT2D eigenvalue weighted by Crippen LogP contribution is 2.36. The number of aryl methyl sites for hydroxylation is 2. The minimum Gasteiger partial charge on any atom is -0.293 e. The van der Waals surface area contributed by atoms with Crippen LogP contribution < -0.4 is 0 Å². The van der Waals surface area contributed by atoms with Gasteiger partial charge in [0.1, 0.15) is 11.8 Å². The zero-order valence-corrected chi connectivity index (χ0v) is 16.3. The normalized spacial score (nSPS) is 13.0. The van der Waals surface area contributed by atoms with Gasteiger partial charge in [0, 0.05) is 25.2 Å². The van der Waals surface area contributed by atoms with Crippen molar-refractivity contribution in [1.29, 1.82) is 0 Å². The molecular formula is C20H18N8O2. The van der Waals surface area contributed by atoms with Gasteiger partial charge in [0.25, 0.3) is 0 Å². The van der Waals surface area contributed by atoms with Crippen LogP contribution in [-0.4, -0.2) is 52.0 Å². The molecule has 0 unspecified atom stereocenters. The number of aromatic nitrogens is 8. The summed E-state index contributed by atoms with van der Waals surface area (Å²) in [6.07, 6.45) is 0. The summed E-state index contributed by atoms with van der Waals surface area (Å²) >= 11 is 0. The van der Waals surface area contributed by atoms with E-state index < -0.39 is 11.8 Å². The molecule has 4 aromatic rings. The third kappa shape index (κ3) is 3.50. The molecule has 0 radical (unpaired) electrons. The number of ketones is 2. The number of carbonyl (C=O) groups excluding carboxylic acids is 2. The van der Waals surface area contributed by atoms with Crippen molar-refractivity contribution < 1.29 is 9.59 Å². The lowest BCUT2D eigenvalue weighted by molar-refractivity contribution is 0.0854. The Labute approximate surface area is 171 Å². The van der Waals surface area contributed by atoms with E-state index in [1.54, 1.807) is 62.6 Å². The van der Waals surface area contributed by atoms with E-state index in [0.29, 0.717) is 11.1 Å². The van der Waals surface area contributed by atoms with Crippen molar-refractivity contribution >= 4 is 11.6 Å². The lowest BCUT2D eigenvalue weighted by atomic mass is 9.79. The van der Waals surface area contributed by atoms with Gasteiger partial charge in [0.05, 0.1) is 0 Å². The molecule has 30 heavy (non-hydrogen) atoms. The summed E-state index contributed by atoms with van der Waals surface area (Å²) in [5.41, 5.74) is 0.873. The molecule has 2 atom stereocenters. The number of tetrazole rings is 2. The number of Topliss-reactive ketones (excluding diaryl/α,β-unsaturated/α-hetero) is 2. The summed E-state index contributed by atoms with van der Waals surface area (Å²) in [6.45, 7) is 0. The van der Waals surface area contributed by atoms with Crippen molar-refractivity contribution in [3.8, 4) is 0 Å². The molecular weight excluding hydrogens is 384 g/mol. The van der Waals surface area contributed by atoms with Crippen LogP contribution in [0.4, 0.5) is 0 Å². The second-order valence-electron chi connectivity index (χ2n) is 6.74. The third-order valence-electron chi connectivity index (χ3n) is 4.88. The van der Waals surface area contributed by atoms with Gasteiger partial charge in [0.15, 0.2) is 23.2 Å². The summed E-state index contributed by atoms with van der Waals surface area (Å²) in [5.74, 6) is -2.14. The van der Waals surface area contributed by atoms with E-state index >= 15 is 0 Å². The minimum atomic E-state index is -1.02. The average Bonchev–Trinajstić information content (AvgIpc) is 3.40. The molecule has 10 heteroatoms. The van der Waals surface area contributed by atoms with E-state index in [9.17, 15) is 9.59 Å². The predicted octanol–water partition coefficient (Wildman–Crippen LogP) is 1.37. The van der Waals surface area contributed by atoms with Crippen LogP contribution >= 0.6 is 0 Å². The Hall–Kier alpha value is -4.08. The first kappa shape index (κ1) is 19.2. The van der Waals surface area contributed by atoms with Crippen LogP contribution in [0.3, 0.4) is 0 Å². The van der Waals surface area contributed by atoms with Crippen LogP contribution in [0.5, 0.6) is 0 Å². The Balaban J connectivity index is 1.92. The molecule has 0 amide bonds. The lowest BCUT2D eigenvalue weighted by Gasteiger charge is -2.23. The van der Waals surface area contributed by atoms with Crippen molar-refractivity contribution in [2.24, 2.45) is 14.1 Å². The van der Waals surface area contributed by atoms with Gasteiger partial charge in [0.2, 0.25) is 0 Å². The third-order valence-corrected chi connectivity index (χ3v) is 4.88. The largest absolute Gasteiger partial charge is 0.293 e. The van der Waals surface area contributed by atoms with Crippen LogP contribution in [0.25, 0.3) is 0 Å². The van der Waals surface area contributed by atoms with E-state index in [-0.39, 0.29) is 23.2 Å². The van der Waals surface area contributed by atoms with Crippen LogP contribution in [0.2, 0.25) is 0 Å². The molecule has 0 saturated carbocycles. The van der Waals surface area contributed by atoms with E-state index in [2.05, 4.69) is 31.1 Å². The van der Waals surface area contributed by atoms with Gasteiger partial charge in [-0.25, -0.2) is 9.36 Å². The number of hydrogen-bond donors (Lipinski definition) is 0. The number of benzene rings is 2. The molecule has 0 fully saturated rings. The fraction of sp³-hybridized carbons (Fsp3) is 0.200. The molecule has 0 spiro atoms. The van der Waals surface area contributed by atoms with Crippen LogP contribution in [0.1, 0.15) is 44.2 Å². The molecule has 0 saturated heterocycles. The Morgan fingerprint density at radius 3 is 1.33 bits per heavy atom. The van der Waals surface area contributed by atoms with Crippen molar-refractivity contribution in [1.82, 2.24) is 40.4 Å². The molecule has 2 heterocycles. The highest BCUT2D eigenvalue weighted by atomic mass is 16.1. The van der Waals surface area contributed by atoms with Crippen molar-refractivity contribution in [2.75, 3.05) is 0 Å². The van der Waals surface area contributed by atoms with E-state index in [4.69, 9.17) is 0 Å². The van der Waals surface area contributed by atoms with Crippen LogP contribution in [0.15, 0.2) is 60.7 Å². The SMILES string of the molecule is Cn1nnnc1[C@@H](C(=O)c1ccccc1)[C@@H](C(=O)c1ccccc1)c1nnnn1C. The van der Waals surface area contributed by atoms with Gasteiger partial charge in [-0.1, -0.05) is 60.7 Å². The van der Waals surface area contributed by atoms with Gasteiger partial charge in [-0.3, -0.25) is 9.59 Å². The van der Waals surface area contributed by atoms with Crippen LogP contribution in [-0.2, 0) is 14.1 Å². The topological polar surface area (TPSA) is 121 Å². The molecule has 0 N–H and O–H groups in total. The fourth-order valence-electron chi connectivity index (χ4n) is 3.40. The zero-order valence-electron chi connectivity index (χ0n) is 16.3. The second-order valence-corrected chi connectivity index (χ2v) is 6.74. The first-order chi connectivity index (χ1) is 14.6. The van der Waals surface area contributed by atoms with E-state index in [0.717, 1.165) is 0 Å². The Kier molecular flexibility index (Phi) is 5.21. The maximum Gasteiger partial charge on any atom is 0.174 e. The summed E-state index contributed by atoms with van der Waals surface area (Å²) in [7, 11) is 3.25. The summed E-state index contributed by atoms with van der Waals surface area (Å²) in [4.78, 5) is 27.3. The maximum atomic E-state index is 13.6. The Bertz CT molecular complexity index is 1080. The molecule has 0 aliphatic heterocycles. The summed E-state index contributed by atoms with van der Waals surface area (Å²) in [6, 6.07) is 17.4. The van der Waals surface area contributed by atoms with Gasteiger partial charge in [-0.05, 0) is 20.9 Å². The molecule has 0 aliphatic rings. The van der Waals surface area contributed by atoms with Gasteiger partial charge in [-0.15, -0.1) is 10.2 Å². The van der Waals surface area contributed by atoms with Gasteiger partial charge in [-0.2, -0.15) is 0 Å². The fourth-order valence-corrected chi connectivity index (χ4v) is 3.40. The quantitative estimate of drug-likeness (QED) is 0.425. The van der Waals surface area contributed by atoms with E-state index in [1.807, 2.05) is 12.1 Å². The number of rotatable bonds is 7. The maximum absolute atomic E-state index is 13.6. The van der Waals surface area contributed by atoms with Gasteiger partial charge < -0.3 is 0 Å². The standard InChI is InChI=1S/C20H18N8O2/c1-27-19(21-23-25-27)15(17(29)13-9-5-3-6-10-13)16(20-22-24-26-28(20)2)18(30)14-11-7-4-8-12-14/h3-12,15-16H,1-2H3/t15-,16+. The first-order valence-electron chi connectivity index (χ1n) is 9.21. The number of carbonyl (C=O) groups is 2. The molecule has 10 nitrogen and oxygen atoms in total. The van der Waals surface area contributed by atoms with Crippen molar-refractivity contribution in [3.63, 3.8) is 0 Å². The molecule has 4 rings (SSSR count). The highest BCUT2D eigenvalue weighted by Gasteiger charge is 2.42. The Morgan fingerprint density at radius 2 is 1.03 bits per heavy atom. The van der Waals surface area contributed by atoms with Crippen LogP contribution in [0, 0.1) is 0 Å². The second kappa shape index (κ2) is 8.11. The molecule has 150 valence electrons. The predicted molar refractivity (Wildman–Crippen MR) is 105 cm³/mol. The van der Waals surface area contributed by atoms with Gasteiger partial charge >= 0.3 is 0 Å². The first-order valence-corrected chi connectivity index (χ1v) is 9.21. The smallest absolute Gasteiger partial charge is 0.174 e. The van der Waals surface area contributed by atoms with Crippen molar-refractivity contribution in [3.05, 3.63) is 83.4 Å². The zero-order chi connectivity index (χ0) is 21.1. The molecule has 0 bridgehead atoms. The Morgan fingerprint density at radius 1 is 0.667 bits per heavy atom. The molecule has 0 aliphatic carbocycles. The summed E-state index contributed by atoms with van der Waals surface area (Å²) < 4.78 is 2.78. The monoisotopic (exact) mass is 402 g/mol. The van der Waals surface area contributed by atoms with Crippen molar-refractivity contribution in [2.45, 2.75) is 11.8 Å². The number of hydrogen-bond acceptors (Lipinski definition) is 8. The molecule has 2 aromatic heterocycles. The molecule has 2 aromatic carbocycles. The minimum absolute atomic E-state index is 0.251. The summed E-state index contributed by atoms with van der Waals surface area (Å²) in [5, 5.41) is 23.2.